The van der Waals surface area contributed by atoms with Crippen LogP contribution in [-0.4, -0.2) is 48.8 Å². The van der Waals surface area contributed by atoms with Crippen LogP contribution in [0.1, 0.15) is 23.2 Å². The van der Waals surface area contributed by atoms with E-state index in [2.05, 4.69) is 5.32 Å². The minimum atomic E-state index is -0.732. The highest BCUT2D eigenvalue weighted by atomic mass is 32.2. The summed E-state index contributed by atoms with van der Waals surface area (Å²) in [6.07, 6.45) is 1.50. The molecule has 1 aliphatic heterocycles. The van der Waals surface area contributed by atoms with Crippen LogP contribution in [0.5, 0.6) is 0 Å². The maximum atomic E-state index is 12.1. The fraction of sp³-hybridized carbons (Fsp3) is 0.533. The fourth-order valence-electron chi connectivity index (χ4n) is 2.19. The van der Waals surface area contributed by atoms with Gasteiger partial charge in [0.05, 0.1) is 5.60 Å². The van der Waals surface area contributed by atoms with Crippen molar-refractivity contribution in [2.24, 2.45) is 0 Å². The molecule has 0 bridgehead atoms. The first-order chi connectivity index (χ1) is 9.50. The van der Waals surface area contributed by atoms with E-state index in [1.54, 1.807) is 0 Å². The summed E-state index contributed by atoms with van der Waals surface area (Å²) in [5, 5.41) is 13.2. The van der Waals surface area contributed by atoms with Gasteiger partial charge in [-0.3, -0.25) is 4.79 Å². The van der Waals surface area contributed by atoms with Crippen molar-refractivity contribution in [3.63, 3.8) is 0 Å². The van der Waals surface area contributed by atoms with Crippen LogP contribution in [0.4, 0.5) is 5.69 Å². The Hall–Kier alpha value is -1.20. The minimum Gasteiger partial charge on any atom is -0.388 e. The van der Waals surface area contributed by atoms with Crippen LogP contribution < -0.4 is 10.2 Å². The van der Waals surface area contributed by atoms with Gasteiger partial charge in [0.15, 0.2) is 0 Å². The molecule has 0 aromatic heterocycles. The van der Waals surface area contributed by atoms with Gasteiger partial charge in [0.1, 0.15) is 0 Å². The first kappa shape index (κ1) is 15.2. The van der Waals surface area contributed by atoms with E-state index in [-0.39, 0.29) is 5.91 Å². The van der Waals surface area contributed by atoms with Gasteiger partial charge in [0.25, 0.3) is 5.91 Å². The molecule has 2 N–H and O–H groups in total. The molecule has 1 aromatic carbocycles. The third-order valence-corrected chi connectivity index (χ3v) is 4.63. The lowest BCUT2D eigenvalue weighted by molar-refractivity contribution is 0.0311. The summed E-state index contributed by atoms with van der Waals surface area (Å²) < 4.78 is 0. The molecule has 5 heteroatoms. The molecule has 1 aromatic rings. The molecular formula is C15H22N2O2S. The number of amides is 1. The Morgan fingerprint density at radius 1 is 1.30 bits per heavy atom. The molecule has 0 spiro atoms. The summed E-state index contributed by atoms with van der Waals surface area (Å²) in [5.74, 6) is 1.80. The van der Waals surface area contributed by atoms with Crippen LogP contribution in [0.3, 0.4) is 0 Å². The smallest absolute Gasteiger partial charge is 0.251 e. The standard InChI is InChI=1S/C15H22N2O2S/c1-17(2)13-5-3-12(4-6-13)14(18)16-11-15(19)7-9-20-10-8-15/h3-6,19H,7-11H2,1-2H3,(H,16,18). The second kappa shape index (κ2) is 6.50. The van der Waals surface area contributed by atoms with Crippen LogP contribution in [0, 0.1) is 0 Å². The number of rotatable bonds is 4. The Morgan fingerprint density at radius 3 is 2.45 bits per heavy atom. The van der Waals surface area contributed by atoms with Crippen LogP contribution in [0.15, 0.2) is 24.3 Å². The molecule has 20 heavy (non-hydrogen) atoms. The fourth-order valence-corrected chi connectivity index (χ4v) is 3.44. The molecule has 4 nitrogen and oxygen atoms in total. The van der Waals surface area contributed by atoms with Gasteiger partial charge in [-0.15, -0.1) is 0 Å². The first-order valence-corrected chi connectivity index (χ1v) is 8.01. The van der Waals surface area contributed by atoms with Crippen molar-refractivity contribution in [2.75, 3.05) is 37.0 Å². The SMILES string of the molecule is CN(C)c1ccc(C(=O)NCC2(O)CCSCC2)cc1. The Kier molecular flexibility index (Phi) is 4.94. The van der Waals surface area contributed by atoms with Crippen LogP contribution >= 0.6 is 11.8 Å². The Bertz CT molecular complexity index is 453. The van der Waals surface area contributed by atoms with Crippen LogP contribution in [0.25, 0.3) is 0 Å². The lowest BCUT2D eigenvalue weighted by atomic mass is 9.97. The predicted molar refractivity (Wildman–Crippen MR) is 84.6 cm³/mol. The third-order valence-electron chi connectivity index (χ3n) is 3.65. The van der Waals surface area contributed by atoms with Gasteiger partial charge in [-0.25, -0.2) is 0 Å². The largest absolute Gasteiger partial charge is 0.388 e. The highest BCUT2D eigenvalue weighted by molar-refractivity contribution is 7.99. The normalized spacial score (nSPS) is 17.6. The molecule has 1 fully saturated rings. The van der Waals surface area contributed by atoms with Crippen molar-refractivity contribution >= 4 is 23.4 Å². The maximum Gasteiger partial charge on any atom is 0.251 e. The molecule has 1 amide bonds. The molecule has 0 saturated carbocycles. The Labute approximate surface area is 124 Å². The van der Waals surface area contributed by atoms with Crippen molar-refractivity contribution < 1.29 is 9.90 Å². The van der Waals surface area contributed by atoms with Crippen LogP contribution in [0.2, 0.25) is 0 Å². The van der Waals surface area contributed by atoms with Gasteiger partial charge in [-0.1, -0.05) is 0 Å². The number of carbonyl (C=O) groups is 1. The number of thioether (sulfide) groups is 1. The Balaban J connectivity index is 1.91. The molecule has 0 unspecified atom stereocenters. The summed E-state index contributed by atoms with van der Waals surface area (Å²) in [4.78, 5) is 14.1. The van der Waals surface area contributed by atoms with Crippen molar-refractivity contribution in [2.45, 2.75) is 18.4 Å². The van der Waals surface area contributed by atoms with E-state index < -0.39 is 5.60 Å². The second-order valence-corrected chi connectivity index (χ2v) is 6.69. The number of anilines is 1. The number of nitrogens with zero attached hydrogens (tertiary/aromatic N) is 1. The molecule has 0 radical (unpaired) electrons. The van der Waals surface area contributed by atoms with Gasteiger partial charge < -0.3 is 15.3 Å². The molecule has 1 aliphatic rings. The molecule has 1 saturated heterocycles. The number of aliphatic hydroxyl groups is 1. The lowest BCUT2D eigenvalue weighted by Crippen LogP contribution is -2.45. The van der Waals surface area contributed by atoms with Gasteiger partial charge in [-0.05, 0) is 48.6 Å². The summed E-state index contributed by atoms with van der Waals surface area (Å²) >= 11 is 1.85. The molecule has 1 heterocycles. The zero-order valence-electron chi connectivity index (χ0n) is 12.1. The van der Waals surface area contributed by atoms with Crippen molar-refractivity contribution in [3.05, 3.63) is 29.8 Å². The molecule has 0 atom stereocenters. The van der Waals surface area contributed by atoms with Crippen molar-refractivity contribution in [1.29, 1.82) is 0 Å². The molecule has 2 rings (SSSR count). The van der Waals surface area contributed by atoms with Gasteiger partial charge in [0, 0.05) is 31.9 Å². The number of carbonyl (C=O) groups excluding carboxylic acids is 1. The quantitative estimate of drug-likeness (QED) is 0.888. The number of hydrogen-bond acceptors (Lipinski definition) is 4. The number of benzene rings is 1. The minimum absolute atomic E-state index is 0.123. The second-order valence-electron chi connectivity index (χ2n) is 5.46. The van der Waals surface area contributed by atoms with Gasteiger partial charge >= 0.3 is 0 Å². The van der Waals surface area contributed by atoms with Crippen LogP contribution in [-0.2, 0) is 0 Å². The summed E-state index contributed by atoms with van der Waals surface area (Å²) in [5.41, 5.74) is 0.957. The monoisotopic (exact) mass is 294 g/mol. The Morgan fingerprint density at radius 2 is 1.90 bits per heavy atom. The highest BCUT2D eigenvalue weighted by Gasteiger charge is 2.29. The van der Waals surface area contributed by atoms with Gasteiger partial charge in [-0.2, -0.15) is 11.8 Å². The number of hydrogen-bond donors (Lipinski definition) is 2. The summed E-state index contributed by atoms with van der Waals surface area (Å²) in [7, 11) is 3.93. The van der Waals surface area contributed by atoms with E-state index in [1.807, 2.05) is 55.0 Å². The van der Waals surface area contributed by atoms with Crippen molar-refractivity contribution in [3.8, 4) is 0 Å². The molecule has 0 aliphatic carbocycles. The average Bonchev–Trinajstić information content (AvgIpc) is 2.46. The zero-order valence-corrected chi connectivity index (χ0v) is 12.9. The van der Waals surface area contributed by atoms with E-state index >= 15 is 0 Å². The highest BCUT2D eigenvalue weighted by Crippen LogP contribution is 2.26. The summed E-state index contributed by atoms with van der Waals surface area (Å²) in [6.45, 7) is 0.335. The first-order valence-electron chi connectivity index (χ1n) is 6.86. The van der Waals surface area contributed by atoms with E-state index in [0.29, 0.717) is 12.1 Å². The van der Waals surface area contributed by atoms with Crippen molar-refractivity contribution in [1.82, 2.24) is 5.32 Å². The average molecular weight is 294 g/mol. The summed E-state index contributed by atoms with van der Waals surface area (Å²) in [6, 6.07) is 7.46. The third kappa shape index (κ3) is 3.90. The van der Waals surface area contributed by atoms with E-state index in [1.165, 1.54) is 0 Å². The van der Waals surface area contributed by atoms with Gasteiger partial charge in [0.2, 0.25) is 0 Å². The molecule has 110 valence electrons. The van der Waals surface area contributed by atoms with E-state index in [4.69, 9.17) is 0 Å². The number of nitrogens with one attached hydrogen (secondary N) is 1. The van der Waals surface area contributed by atoms with E-state index in [0.717, 1.165) is 30.0 Å². The predicted octanol–water partition coefficient (Wildman–Crippen LogP) is 1.74. The zero-order chi connectivity index (χ0) is 14.6. The maximum absolute atomic E-state index is 12.1. The van der Waals surface area contributed by atoms with E-state index in [9.17, 15) is 9.90 Å². The topological polar surface area (TPSA) is 52.6 Å². The lowest BCUT2D eigenvalue weighted by Gasteiger charge is -2.31. The molecular weight excluding hydrogens is 272 g/mol.